The monoisotopic (exact) mass is 342 g/mol. The van der Waals surface area contributed by atoms with Crippen LogP contribution in [-0.2, 0) is 24.1 Å². The molecule has 1 aromatic heterocycles. The van der Waals surface area contributed by atoms with Crippen molar-refractivity contribution in [1.29, 1.82) is 0 Å². The van der Waals surface area contributed by atoms with Crippen molar-refractivity contribution in [2.24, 2.45) is 0 Å². The van der Waals surface area contributed by atoms with Crippen LogP contribution in [0, 0.1) is 12.7 Å². The average Bonchev–Trinajstić information content (AvgIpc) is 2.49. The molecule has 0 spiro atoms. The summed E-state index contributed by atoms with van der Waals surface area (Å²) in [5.41, 5.74) is -1.31. The summed E-state index contributed by atoms with van der Waals surface area (Å²) in [5.74, 6) is -1.64. The van der Waals surface area contributed by atoms with Crippen LogP contribution >= 0.6 is 0 Å². The van der Waals surface area contributed by atoms with Crippen LogP contribution < -0.4 is 10.9 Å². The second-order valence-electron chi connectivity index (χ2n) is 5.20. The van der Waals surface area contributed by atoms with E-state index in [9.17, 15) is 27.2 Å². The van der Waals surface area contributed by atoms with Crippen molar-refractivity contribution in [3.05, 3.63) is 69.4 Å². The maximum absolute atomic E-state index is 13.0. The van der Waals surface area contributed by atoms with Gasteiger partial charge in [0.25, 0.3) is 5.56 Å². The van der Waals surface area contributed by atoms with Crippen molar-refractivity contribution in [1.82, 2.24) is 9.88 Å². The number of amides is 1. The van der Waals surface area contributed by atoms with Crippen molar-refractivity contribution in [2.45, 2.75) is 26.2 Å². The van der Waals surface area contributed by atoms with Crippen LogP contribution in [-0.4, -0.2) is 10.5 Å². The highest BCUT2D eigenvalue weighted by atomic mass is 19.4. The van der Waals surface area contributed by atoms with Gasteiger partial charge in [-0.15, -0.1) is 0 Å². The van der Waals surface area contributed by atoms with Crippen LogP contribution in [0.25, 0.3) is 0 Å². The maximum Gasteiger partial charge on any atom is 0.416 e. The number of hydrogen-bond acceptors (Lipinski definition) is 2. The lowest BCUT2D eigenvalue weighted by atomic mass is 10.1. The third kappa shape index (κ3) is 4.21. The molecule has 0 aliphatic rings. The summed E-state index contributed by atoms with van der Waals surface area (Å²) >= 11 is 0. The van der Waals surface area contributed by atoms with Gasteiger partial charge in [-0.3, -0.25) is 9.59 Å². The Bertz CT molecular complexity index is 812. The number of pyridine rings is 1. The normalized spacial score (nSPS) is 11.4. The van der Waals surface area contributed by atoms with E-state index in [1.165, 1.54) is 6.20 Å². The minimum absolute atomic E-state index is 0.256. The number of nitrogens with one attached hydrogen (secondary N) is 1. The molecule has 0 aliphatic heterocycles. The molecular weight excluding hydrogens is 328 g/mol. The Labute approximate surface area is 134 Å². The first-order chi connectivity index (χ1) is 11.2. The maximum atomic E-state index is 13.0. The van der Waals surface area contributed by atoms with E-state index in [-0.39, 0.29) is 17.7 Å². The van der Waals surface area contributed by atoms with E-state index in [0.29, 0.717) is 11.6 Å². The van der Waals surface area contributed by atoms with Crippen LogP contribution in [0.1, 0.15) is 16.7 Å². The zero-order valence-electron chi connectivity index (χ0n) is 12.7. The van der Waals surface area contributed by atoms with Crippen molar-refractivity contribution in [3.63, 3.8) is 0 Å². The molecule has 0 aliphatic carbocycles. The van der Waals surface area contributed by atoms with E-state index < -0.39 is 30.0 Å². The standard InChI is InChI=1S/C16H14F4N2O2/c1-10-3-2-6-22(15(10)24)9-14(23)21-8-11-4-5-12(17)7-13(11)16(18,19)20/h2-7H,8-9H2,1H3,(H,21,23). The van der Waals surface area contributed by atoms with Crippen LogP contribution in [0.2, 0.25) is 0 Å². The number of carbonyl (C=O) groups is 1. The fourth-order valence-electron chi connectivity index (χ4n) is 2.15. The van der Waals surface area contributed by atoms with E-state index in [0.717, 1.165) is 16.7 Å². The van der Waals surface area contributed by atoms with Crippen LogP contribution in [0.5, 0.6) is 0 Å². The highest BCUT2D eigenvalue weighted by Crippen LogP contribution is 2.32. The summed E-state index contributed by atoms with van der Waals surface area (Å²) in [6.45, 7) is 0.850. The number of carbonyl (C=O) groups excluding carboxylic acids is 1. The highest BCUT2D eigenvalue weighted by molar-refractivity contribution is 5.75. The summed E-state index contributed by atoms with van der Waals surface area (Å²) < 4.78 is 52.8. The lowest BCUT2D eigenvalue weighted by Gasteiger charge is -2.14. The number of rotatable bonds is 4. The summed E-state index contributed by atoms with van der Waals surface area (Å²) in [6, 6.07) is 5.42. The zero-order valence-corrected chi connectivity index (χ0v) is 12.7. The summed E-state index contributed by atoms with van der Waals surface area (Å²) in [4.78, 5) is 23.6. The van der Waals surface area contributed by atoms with Gasteiger partial charge < -0.3 is 9.88 Å². The zero-order chi connectivity index (χ0) is 17.9. The minimum Gasteiger partial charge on any atom is -0.350 e. The Balaban J connectivity index is 2.10. The van der Waals surface area contributed by atoms with E-state index in [1.807, 2.05) is 0 Å². The molecule has 0 saturated heterocycles. The van der Waals surface area contributed by atoms with Gasteiger partial charge in [-0.2, -0.15) is 13.2 Å². The first-order valence-corrected chi connectivity index (χ1v) is 6.97. The number of nitrogens with zero attached hydrogens (tertiary/aromatic N) is 1. The lowest BCUT2D eigenvalue weighted by molar-refractivity contribution is -0.138. The van der Waals surface area contributed by atoms with Crippen molar-refractivity contribution in [3.8, 4) is 0 Å². The number of aryl methyl sites for hydroxylation is 1. The van der Waals surface area contributed by atoms with Gasteiger partial charge in [0.2, 0.25) is 5.91 Å². The molecule has 4 nitrogen and oxygen atoms in total. The quantitative estimate of drug-likeness (QED) is 0.869. The van der Waals surface area contributed by atoms with Crippen molar-refractivity contribution < 1.29 is 22.4 Å². The van der Waals surface area contributed by atoms with Gasteiger partial charge in [0.1, 0.15) is 12.4 Å². The predicted molar refractivity (Wildman–Crippen MR) is 78.7 cm³/mol. The number of hydrogen-bond donors (Lipinski definition) is 1. The Morgan fingerprint density at radius 3 is 2.62 bits per heavy atom. The van der Waals surface area contributed by atoms with Gasteiger partial charge in [0.15, 0.2) is 0 Å². The molecule has 0 radical (unpaired) electrons. The Morgan fingerprint density at radius 1 is 1.25 bits per heavy atom. The fraction of sp³-hybridized carbons (Fsp3) is 0.250. The van der Waals surface area contributed by atoms with Gasteiger partial charge in [-0.25, -0.2) is 4.39 Å². The molecule has 0 bridgehead atoms. The van der Waals surface area contributed by atoms with E-state index >= 15 is 0 Å². The molecule has 1 aromatic carbocycles. The smallest absolute Gasteiger partial charge is 0.350 e. The first kappa shape index (κ1) is 17.7. The molecule has 1 N–H and O–H groups in total. The third-order valence-electron chi connectivity index (χ3n) is 3.38. The van der Waals surface area contributed by atoms with E-state index in [4.69, 9.17) is 0 Å². The Morgan fingerprint density at radius 2 is 1.96 bits per heavy atom. The molecule has 1 amide bonds. The number of halogens is 4. The molecule has 24 heavy (non-hydrogen) atoms. The van der Waals surface area contributed by atoms with Gasteiger partial charge in [0, 0.05) is 18.3 Å². The summed E-state index contributed by atoms with van der Waals surface area (Å²) in [7, 11) is 0. The van der Waals surface area contributed by atoms with Gasteiger partial charge in [0.05, 0.1) is 5.56 Å². The number of aromatic nitrogens is 1. The second-order valence-corrected chi connectivity index (χ2v) is 5.20. The van der Waals surface area contributed by atoms with Crippen LogP contribution in [0.3, 0.4) is 0 Å². The van der Waals surface area contributed by atoms with Crippen LogP contribution in [0.15, 0.2) is 41.3 Å². The Kier molecular flexibility index (Phi) is 5.06. The average molecular weight is 342 g/mol. The predicted octanol–water partition coefficient (Wildman–Crippen LogP) is 2.63. The molecular formula is C16H14F4N2O2. The molecule has 0 fully saturated rings. The SMILES string of the molecule is Cc1cccn(CC(=O)NCc2ccc(F)cc2C(F)(F)F)c1=O. The fourth-order valence-corrected chi connectivity index (χ4v) is 2.15. The molecule has 0 saturated carbocycles. The molecule has 0 atom stereocenters. The van der Waals surface area contributed by atoms with Crippen molar-refractivity contribution >= 4 is 5.91 Å². The third-order valence-corrected chi connectivity index (χ3v) is 3.38. The molecule has 2 aromatic rings. The highest BCUT2D eigenvalue weighted by Gasteiger charge is 2.33. The van der Waals surface area contributed by atoms with Gasteiger partial charge >= 0.3 is 6.18 Å². The van der Waals surface area contributed by atoms with Gasteiger partial charge in [-0.05, 0) is 30.7 Å². The van der Waals surface area contributed by atoms with Crippen LogP contribution in [0.4, 0.5) is 17.6 Å². The molecule has 0 unspecified atom stereocenters. The van der Waals surface area contributed by atoms with Gasteiger partial charge in [-0.1, -0.05) is 12.1 Å². The first-order valence-electron chi connectivity index (χ1n) is 6.97. The minimum atomic E-state index is -4.73. The number of alkyl halides is 3. The molecule has 1 heterocycles. The molecule has 128 valence electrons. The topological polar surface area (TPSA) is 51.1 Å². The second kappa shape index (κ2) is 6.86. The number of benzene rings is 1. The van der Waals surface area contributed by atoms with Crippen molar-refractivity contribution in [2.75, 3.05) is 0 Å². The lowest BCUT2D eigenvalue weighted by Crippen LogP contribution is -2.32. The summed E-state index contributed by atoms with van der Waals surface area (Å²) in [6.07, 6.45) is -3.32. The van der Waals surface area contributed by atoms with E-state index in [1.54, 1.807) is 19.1 Å². The largest absolute Gasteiger partial charge is 0.416 e. The summed E-state index contributed by atoms with van der Waals surface area (Å²) in [5, 5.41) is 2.30. The Hall–Kier alpha value is -2.64. The molecule has 2 rings (SSSR count). The van der Waals surface area contributed by atoms with E-state index in [2.05, 4.69) is 5.32 Å². The molecule has 8 heteroatoms.